The fraction of sp³-hybridized carbons (Fsp3) is 0.647. The van der Waals surface area contributed by atoms with Crippen molar-refractivity contribution >= 4 is 15.9 Å². The quantitative estimate of drug-likeness (QED) is 0.851. The van der Waals surface area contributed by atoms with Crippen molar-refractivity contribution < 1.29 is 4.74 Å². The fourth-order valence-corrected chi connectivity index (χ4v) is 4.92. The number of hydrogen-bond acceptors (Lipinski definition) is 2. The molecule has 0 saturated heterocycles. The third kappa shape index (κ3) is 2.75. The van der Waals surface area contributed by atoms with Gasteiger partial charge in [-0.05, 0) is 68.2 Å². The summed E-state index contributed by atoms with van der Waals surface area (Å²) in [6.45, 7) is 0. The molecule has 1 N–H and O–H groups in total. The first-order valence-corrected chi connectivity index (χ1v) is 8.51. The standard InChI is InChI=1S/C17H24BrNO/c1-19-17(9-13-8-11-3-4-12(13)7-11)15-6-5-14(20-2)10-16(15)18/h5-6,10-13,17,19H,3-4,7-9H2,1-2H3. The van der Waals surface area contributed by atoms with E-state index in [0.717, 1.165) is 28.0 Å². The predicted octanol–water partition coefficient (Wildman–Crippen LogP) is 4.54. The van der Waals surface area contributed by atoms with Gasteiger partial charge in [-0.3, -0.25) is 0 Å². The van der Waals surface area contributed by atoms with Gasteiger partial charge in [0, 0.05) is 10.5 Å². The third-order valence-electron chi connectivity index (χ3n) is 5.35. The summed E-state index contributed by atoms with van der Waals surface area (Å²) >= 11 is 3.70. The second-order valence-corrected chi connectivity index (χ2v) is 7.25. The first-order chi connectivity index (χ1) is 9.71. The molecule has 0 spiro atoms. The van der Waals surface area contributed by atoms with Crippen LogP contribution in [0.25, 0.3) is 0 Å². The number of benzene rings is 1. The molecule has 0 amide bonds. The molecule has 20 heavy (non-hydrogen) atoms. The summed E-state index contributed by atoms with van der Waals surface area (Å²) in [7, 11) is 3.79. The minimum Gasteiger partial charge on any atom is -0.497 e. The van der Waals surface area contributed by atoms with Gasteiger partial charge >= 0.3 is 0 Å². The van der Waals surface area contributed by atoms with Crippen molar-refractivity contribution in [2.75, 3.05) is 14.2 Å². The fourth-order valence-electron chi connectivity index (χ4n) is 4.29. The highest BCUT2D eigenvalue weighted by Crippen LogP contribution is 2.51. The van der Waals surface area contributed by atoms with E-state index in [2.05, 4.69) is 46.5 Å². The van der Waals surface area contributed by atoms with Crippen molar-refractivity contribution in [3.05, 3.63) is 28.2 Å². The molecule has 2 saturated carbocycles. The maximum absolute atomic E-state index is 5.29. The van der Waals surface area contributed by atoms with E-state index in [1.807, 2.05) is 0 Å². The summed E-state index contributed by atoms with van der Waals surface area (Å²) in [6.07, 6.45) is 7.16. The molecule has 0 radical (unpaired) electrons. The lowest BCUT2D eigenvalue weighted by molar-refractivity contribution is 0.284. The Bertz CT molecular complexity index is 476. The van der Waals surface area contributed by atoms with E-state index in [1.165, 1.54) is 37.7 Å². The largest absolute Gasteiger partial charge is 0.497 e. The van der Waals surface area contributed by atoms with Crippen molar-refractivity contribution in [3.8, 4) is 5.75 Å². The van der Waals surface area contributed by atoms with Crippen LogP contribution in [0, 0.1) is 17.8 Å². The Balaban J connectivity index is 1.73. The van der Waals surface area contributed by atoms with Crippen LogP contribution >= 0.6 is 15.9 Å². The summed E-state index contributed by atoms with van der Waals surface area (Å²) in [6, 6.07) is 6.77. The van der Waals surface area contributed by atoms with E-state index in [4.69, 9.17) is 4.74 Å². The second-order valence-electron chi connectivity index (χ2n) is 6.40. The number of fused-ring (bicyclic) bond motifs is 2. The van der Waals surface area contributed by atoms with Gasteiger partial charge in [-0.15, -0.1) is 0 Å². The zero-order valence-electron chi connectivity index (χ0n) is 12.4. The molecule has 3 heteroatoms. The van der Waals surface area contributed by atoms with Gasteiger partial charge in [-0.1, -0.05) is 28.4 Å². The number of hydrogen-bond donors (Lipinski definition) is 1. The molecule has 4 atom stereocenters. The molecule has 0 aromatic heterocycles. The van der Waals surface area contributed by atoms with Crippen LogP contribution in [-0.2, 0) is 0 Å². The van der Waals surface area contributed by atoms with Crippen LogP contribution in [0.4, 0.5) is 0 Å². The van der Waals surface area contributed by atoms with Crippen LogP contribution in [0.2, 0.25) is 0 Å². The molecule has 1 aromatic rings. The normalized spacial score (nSPS) is 29.6. The Morgan fingerprint density at radius 3 is 2.75 bits per heavy atom. The number of methoxy groups -OCH3 is 1. The first kappa shape index (κ1) is 14.4. The van der Waals surface area contributed by atoms with Gasteiger partial charge in [-0.25, -0.2) is 0 Å². The van der Waals surface area contributed by atoms with E-state index in [1.54, 1.807) is 7.11 Å². The predicted molar refractivity (Wildman–Crippen MR) is 86.0 cm³/mol. The molecular formula is C17H24BrNO. The highest BCUT2D eigenvalue weighted by atomic mass is 79.9. The number of nitrogens with one attached hydrogen (secondary N) is 1. The van der Waals surface area contributed by atoms with Gasteiger partial charge in [0.25, 0.3) is 0 Å². The lowest BCUT2D eigenvalue weighted by Gasteiger charge is -2.27. The third-order valence-corrected chi connectivity index (χ3v) is 6.04. The Kier molecular flexibility index (Phi) is 4.37. The van der Waals surface area contributed by atoms with Gasteiger partial charge < -0.3 is 10.1 Å². The zero-order chi connectivity index (χ0) is 14.1. The summed E-state index contributed by atoms with van der Waals surface area (Å²) in [4.78, 5) is 0. The second kappa shape index (κ2) is 6.07. The van der Waals surface area contributed by atoms with Gasteiger partial charge in [0.15, 0.2) is 0 Å². The van der Waals surface area contributed by atoms with Gasteiger partial charge in [0.2, 0.25) is 0 Å². The molecule has 4 unspecified atom stereocenters. The lowest BCUT2D eigenvalue weighted by Crippen LogP contribution is -2.23. The Hall–Kier alpha value is -0.540. The van der Waals surface area contributed by atoms with E-state index >= 15 is 0 Å². The smallest absolute Gasteiger partial charge is 0.120 e. The van der Waals surface area contributed by atoms with Crippen LogP contribution < -0.4 is 10.1 Å². The van der Waals surface area contributed by atoms with Crippen LogP contribution in [0.1, 0.15) is 43.7 Å². The van der Waals surface area contributed by atoms with Gasteiger partial charge in [0.1, 0.15) is 5.75 Å². The molecule has 2 fully saturated rings. The topological polar surface area (TPSA) is 21.3 Å². The molecule has 0 heterocycles. The molecule has 0 aliphatic heterocycles. The molecule has 3 rings (SSSR count). The monoisotopic (exact) mass is 337 g/mol. The van der Waals surface area contributed by atoms with Crippen molar-refractivity contribution in [2.24, 2.45) is 17.8 Å². The average Bonchev–Trinajstić information content (AvgIpc) is 3.07. The summed E-state index contributed by atoms with van der Waals surface area (Å²) in [5.41, 5.74) is 1.36. The molecule has 2 aliphatic rings. The number of halogens is 1. The Labute approximate surface area is 130 Å². The summed E-state index contributed by atoms with van der Waals surface area (Å²) < 4.78 is 6.44. The molecule has 2 aliphatic carbocycles. The van der Waals surface area contributed by atoms with Crippen LogP contribution in [0.5, 0.6) is 5.75 Å². The van der Waals surface area contributed by atoms with Gasteiger partial charge in [-0.2, -0.15) is 0 Å². The Morgan fingerprint density at radius 1 is 1.35 bits per heavy atom. The average molecular weight is 338 g/mol. The van der Waals surface area contributed by atoms with E-state index in [9.17, 15) is 0 Å². The zero-order valence-corrected chi connectivity index (χ0v) is 13.9. The summed E-state index contributed by atoms with van der Waals surface area (Å²) in [5, 5.41) is 3.51. The minimum atomic E-state index is 0.444. The SMILES string of the molecule is CNC(CC1CC2CCC1C2)c1ccc(OC)cc1Br. The summed E-state index contributed by atoms with van der Waals surface area (Å²) in [5.74, 6) is 3.85. The Morgan fingerprint density at radius 2 is 2.20 bits per heavy atom. The van der Waals surface area contributed by atoms with Crippen molar-refractivity contribution in [1.82, 2.24) is 5.32 Å². The first-order valence-electron chi connectivity index (χ1n) is 7.72. The lowest BCUT2D eigenvalue weighted by atomic mass is 9.83. The molecule has 110 valence electrons. The van der Waals surface area contributed by atoms with E-state index in [0.29, 0.717) is 6.04 Å². The van der Waals surface area contributed by atoms with Crippen molar-refractivity contribution in [3.63, 3.8) is 0 Å². The molecule has 2 bridgehead atoms. The molecular weight excluding hydrogens is 314 g/mol. The van der Waals surface area contributed by atoms with Crippen LogP contribution in [0.3, 0.4) is 0 Å². The maximum atomic E-state index is 5.29. The molecule has 1 aromatic carbocycles. The van der Waals surface area contributed by atoms with E-state index < -0.39 is 0 Å². The molecule has 2 nitrogen and oxygen atoms in total. The maximum Gasteiger partial charge on any atom is 0.120 e. The van der Waals surface area contributed by atoms with E-state index in [-0.39, 0.29) is 0 Å². The van der Waals surface area contributed by atoms with Crippen molar-refractivity contribution in [1.29, 1.82) is 0 Å². The number of rotatable bonds is 5. The highest BCUT2D eigenvalue weighted by molar-refractivity contribution is 9.10. The number of ether oxygens (including phenoxy) is 1. The van der Waals surface area contributed by atoms with Gasteiger partial charge in [0.05, 0.1) is 7.11 Å². The van der Waals surface area contributed by atoms with Crippen molar-refractivity contribution in [2.45, 2.75) is 38.1 Å². The highest BCUT2D eigenvalue weighted by Gasteiger charge is 2.40. The minimum absolute atomic E-state index is 0.444. The van der Waals surface area contributed by atoms with Crippen LogP contribution in [0.15, 0.2) is 22.7 Å². The van der Waals surface area contributed by atoms with Crippen LogP contribution in [-0.4, -0.2) is 14.2 Å².